The van der Waals surface area contributed by atoms with Crippen molar-refractivity contribution in [2.24, 2.45) is 0 Å². The molecule has 0 unspecified atom stereocenters. The number of hydrogen-bond acceptors (Lipinski definition) is 3. The summed E-state index contributed by atoms with van der Waals surface area (Å²) in [4.78, 5) is 4.04. The molecule has 0 radical (unpaired) electrons. The number of H-pyrrole nitrogens is 1. The highest BCUT2D eigenvalue weighted by molar-refractivity contribution is 7.71. The maximum Gasteiger partial charge on any atom is 0.120 e. The average Bonchev–Trinajstić information content (AvgIpc) is 2.18. The number of pyridine rings is 1. The lowest BCUT2D eigenvalue weighted by atomic mass is 10.1. The van der Waals surface area contributed by atoms with Gasteiger partial charge in [-0.2, -0.15) is 5.10 Å². The molecule has 0 saturated carbocycles. The van der Waals surface area contributed by atoms with Crippen molar-refractivity contribution < 1.29 is 0 Å². The van der Waals surface area contributed by atoms with Crippen molar-refractivity contribution in [1.82, 2.24) is 15.2 Å². The van der Waals surface area contributed by atoms with E-state index < -0.39 is 0 Å². The summed E-state index contributed by atoms with van der Waals surface area (Å²) in [6.45, 7) is 2.02. The lowest BCUT2D eigenvalue weighted by Crippen LogP contribution is -1.87. The maximum atomic E-state index is 5.01. The smallest absolute Gasteiger partial charge is 0.120 e. The van der Waals surface area contributed by atoms with Crippen LogP contribution in [0, 0.1) is 11.6 Å². The van der Waals surface area contributed by atoms with E-state index >= 15 is 0 Å². The highest BCUT2D eigenvalue weighted by Gasteiger charge is 2.00. The molecule has 70 valence electrons. The summed E-state index contributed by atoms with van der Waals surface area (Å²) in [5.74, 6) is 0. The van der Waals surface area contributed by atoms with E-state index in [0.29, 0.717) is 4.64 Å². The molecule has 4 heteroatoms. The summed E-state index contributed by atoms with van der Waals surface area (Å²) in [5, 5.41) is 6.66. The zero-order valence-corrected chi connectivity index (χ0v) is 8.51. The van der Waals surface area contributed by atoms with E-state index in [4.69, 9.17) is 12.2 Å². The van der Waals surface area contributed by atoms with Crippen LogP contribution < -0.4 is 0 Å². The number of nitrogens with one attached hydrogen (secondary N) is 1. The van der Waals surface area contributed by atoms with Gasteiger partial charge in [0.15, 0.2) is 0 Å². The van der Waals surface area contributed by atoms with Crippen molar-refractivity contribution in [2.75, 3.05) is 0 Å². The van der Waals surface area contributed by atoms with E-state index in [-0.39, 0.29) is 0 Å². The van der Waals surface area contributed by atoms with Gasteiger partial charge in [0.1, 0.15) is 4.64 Å². The van der Waals surface area contributed by atoms with E-state index in [2.05, 4.69) is 15.2 Å². The Morgan fingerprint density at radius 3 is 2.93 bits per heavy atom. The van der Waals surface area contributed by atoms with E-state index in [9.17, 15) is 0 Å². The molecule has 0 aromatic carbocycles. The Morgan fingerprint density at radius 1 is 1.36 bits per heavy atom. The molecule has 0 bridgehead atoms. The SMILES string of the molecule is Cc1cnccc1-c1cn[nH]c(=S)c1. The van der Waals surface area contributed by atoms with Gasteiger partial charge in [0.05, 0.1) is 6.20 Å². The van der Waals surface area contributed by atoms with Gasteiger partial charge in [-0.1, -0.05) is 12.2 Å². The van der Waals surface area contributed by atoms with Gasteiger partial charge in [-0.05, 0) is 30.2 Å². The number of aromatic amines is 1. The zero-order valence-electron chi connectivity index (χ0n) is 7.69. The summed E-state index contributed by atoms with van der Waals surface area (Å²) in [7, 11) is 0. The third kappa shape index (κ3) is 1.70. The van der Waals surface area contributed by atoms with Crippen LogP contribution >= 0.6 is 12.2 Å². The minimum Gasteiger partial charge on any atom is -0.268 e. The van der Waals surface area contributed by atoms with E-state index in [1.807, 2.05) is 25.3 Å². The van der Waals surface area contributed by atoms with Crippen LogP contribution in [0.2, 0.25) is 0 Å². The second kappa shape index (κ2) is 3.67. The molecule has 0 aliphatic rings. The van der Waals surface area contributed by atoms with Gasteiger partial charge in [0.25, 0.3) is 0 Å². The molecule has 3 nitrogen and oxygen atoms in total. The van der Waals surface area contributed by atoms with Crippen LogP contribution in [0.5, 0.6) is 0 Å². The van der Waals surface area contributed by atoms with Crippen LogP contribution in [0.25, 0.3) is 11.1 Å². The lowest BCUT2D eigenvalue weighted by molar-refractivity contribution is 1.02. The van der Waals surface area contributed by atoms with Crippen LogP contribution in [-0.4, -0.2) is 15.2 Å². The highest BCUT2D eigenvalue weighted by Crippen LogP contribution is 2.20. The first-order valence-electron chi connectivity index (χ1n) is 4.23. The number of nitrogens with zero attached hydrogens (tertiary/aromatic N) is 2. The number of rotatable bonds is 1. The molecule has 2 heterocycles. The van der Waals surface area contributed by atoms with Crippen LogP contribution in [0.1, 0.15) is 5.56 Å². The van der Waals surface area contributed by atoms with Gasteiger partial charge < -0.3 is 0 Å². The third-order valence-corrected chi connectivity index (χ3v) is 2.21. The van der Waals surface area contributed by atoms with Crippen molar-refractivity contribution in [1.29, 1.82) is 0 Å². The van der Waals surface area contributed by atoms with Gasteiger partial charge in [-0.15, -0.1) is 0 Å². The largest absolute Gasteiger partial charge is 0.268 e. The van der Waals surface area contributed by atoms with Crippen LogP contribution in [0.15, 0.2) is 30.7 Å². The van der Waals surface area contributed by atoms with Gasteiger partial charge in [0.2, 0.25) is 0 Å². The van der Waals surface area contributed by atoms with Crippen LogP contribution in [-0.2, 0) is 0 Å². The molecule has 0 fully saturated rings. The Morgan fingerprint density at radius 2 is 2.21 bits per heavy atom. The summed E-state index contributed by atoms with van der Waals surface area (Å²) in [6, 6.07) is 3.85. The minimum absolute atomic E-state index is 0.638. The second-order valence-electron chi connectivity index (χ2n) is 3.02. The zero-order chi connectivity index (χ0) is 9.97. The first kappa shape index (κ1) is 9.02. The molecule has 2 rings (SSSR count). The van der Waals surface area contributed by atoms with Gasteiger partial charge in [-0.3, -0.25) is 10.1 Å². The normalized spacial score (nSPS) is 10.1. The standard InChI is InChI=1S/C10H9N3S/c1-7-5-11-3-2-9(7)8-4-10(14)13-12-6-8/h2-6H,1H3,(H,13,14). The summed E-state index contributed by atoms with van der Waals surface area (Å²) in [6.07, 6.45) is 5.36. The molecular formula is C10H9N3S. The summed E-state index contributed by atoms with van der Waals surface area (Å²) in [5.41, 5.74) is 3.26. The molecular weight excluding hydrogens is 194 g/mol. The Hall–Kier alpha value is -1.55. The topological polar surface area (TPSA) is 41.6 Å². The Kier molecular flexibility index (Phi) is 2.37. The van der Waals surface area contributed by atoms with Gasteiger partial charge in [-0.25, -0.2) is 0 Å². The third-order valence-electron chi connectivity index (χ3n) is 2.00. The molecule has 2 aromatic heterocycles. The summed E-state index contributed by atoms with van der Waals surface area (Å²) < 4.78 is 0.638. The van der Waals surface area contributed by atoms with Crippen molar-refractivity contribution >= 4 is 12.2 Å². The fraction of sp³-hybridized carbons (Fsp3) is 0.100. The van der Waals surface area contributed by atoms with Crippen LogP contribution in [0.4, 0.5) is 0 Å². The maximum absolute atomic E-state index is 5.01. The Labute approximate surface area is 86.8 Å². The predicted molar refractivity (Wildman–Crippen MR) is 57.4 cm³/mol. The molecule has 0 spiro atoms. The van der Waals surface area contributed by atoms with E-state index in [1.54, 1.807) is 12.4 Å². The molecule has 0 amide bonds. The average molecular weight is 203 g/mol. The van der Waals surface area contributed by atoms with Crippen molar-refractivity contribution in [3.05, 3.63) is 40.9 Å². The Balaban J connectivity index is 2.61. The van der Waals surface area contributed by atoms with E-state index in [1.165, 1.54) is 0 Å². The molecule has 0 saturated heterocycles. The Bertz CT molecular complexity index is 504. The number of aromatic nitrogens is 3. The van der Waals surface area contributed by atoms with Gasteiger partial charge in [0, 0.05) is 18.0 Å². The second-order valence-corrected chi connectivity index (χ2v) is 3.46. The van der Waals surface area contributed by atoms with Gasteiger partial charge >= 0.3 is 0 Å². The molecule has 0 aliphatic heterocycles. The molecule has 0 aliphatic carbocycles. The van der Waals surface area contributed by atoms with Crippen LogP contribution in [0.3, 0.4) is 0 Å². The molecule has 14 heavy (non-hydrogen) atoms. The fourth-order valence-corrected chi connectivity index (χ4v) is 1.50. The number of hydrogen-bond donors (Lipinski definition) is 1. The first-order chi connectivity index (χ1) is 6.77. The van der Waals surface area contributed by atoms with Crippen molar-refractivity contribution in [2.45, 2.75) is 6.92 Å². The lowest BCUT2D eigenvalue weighted by Gasteiger charge is -2.03. The van der Waals surface area contributed by atoms with Crippen molar-refractivity contribution in [3.8, 4) is 11.1 Å². The monoisotopic (exact) mass is 203 g/mol. The molecule has 2 aromatic rings. The molecule has 1 N–H and O–H groups in total. The minimum atomic E-state index is 0.638. The van der Waals surface area contributed by atoms with Crippen molar-refractivity contribution in [3.63, 3.8) is 0 Å². The quantitative estimate of drug-likeness (QED) is 0.724. The fourth-order valence-electron chi connectivity index (χ4n) is 1.32. The highest BCUT2D eigenvalue weighted by atomic mass is 32.1. The molecule has 0 atom stereocenters. The number of aryl methyl sites for hydroxylation is 1. The van der Waals surface area contributed by atoms with E-state index in [0.717, 1.165) is 16.7 Å². The summed E-state index contributed by atoms with van der Waals surface area (Å²) >= 11 is 5.01. The predicted octanol–water partition coefficient (Wildman–Crippen LogP) is 2.51. The first-order valence-corrected chi connectivity index (χ1v) is 4.64.